The lowest BCUT2D eigenvalue weighted by Crippen LogP contribution is -2.13. The van der Waals surface area contributed by atoms with E-state index in [-0.39, 0.29) is 10.6 Å². The van der Waals surface area contributed by atoms with Gasteiger partial charge in [-0.25, -0.2) is 0 Å². The van der Waals surface area contributed by atoms with E-state index in [4.69, 9.17) is 28.5 Å². The molecular weight excluding hydrogens is 327 g/mol. The van der Waals surface area contributed by atoms with Gasteiger partial charge in [0, 0.05) is 4.88 Å². The highest BCUT2D eigenvalue weighted by molar-refractivity contribution is 7.11. The molecule has 2 rings (SSSR count). The number of nitriles is 1. The van der Waals surface area contributed by atoms with Crippen LogP contribution in [0.1, 0.15) is 10.4 Å². The Bertz CT molecular complexity index is 759. The number of benzene rings is 1. The van der Waals surface area contributed by atoms with E-state index in [2.05, 4.69) is 5.32 Å². The minimum Gasteiger partial charge on any atom is -0.320 e. The largest absolute Gasteiger partial charge is 0.320 e. The van der Waals surface area contributed by atoms with Gasteiger partial charge in [0.05, 0.1) is 15.7 Å². The lowest BCUT2D eigenvalue weighted by Gasteiger charge is -2.07. The van der Waals surface area contributed by atoms with Gasteiger partial charge in [0.25, 0.3) is 5.91 Å². The van der Waals surface area contributed by atoms with Gasteiger partial charge in [0.15, 0.2) is 0 Å². The molecule has 21 heavy (non-hydrogen) atoms. The Labute approximate surface area is 136 Å². The summed E-state index contributed by atoms with van der Waals surface area (Å²) in [5.41, 5.74) is 1.40. The maximum atomic E-state index is 12.1. The van der Waals surface area contributed by atoms with Gasteiger partial charge in [-0.05, 0) is 42.1 Å². The van der Waals surface area contributed by atoms with Crippen molar-refractivity contribution < 1.29 is 4.79 Å². The van der Waals surface area contributed by atoms with E-state index in [1.165, 1.54) is 11.3 Å². The fourth-order valence-corrected chi connectivity index (χ4v) is 2.81. The highest BCUT2D eigenvalue weighted by atomic mass is 35.5. The van der Waals surface area contributed by atoms with Crippen molar-refractivity contribution in [3.05, 3.63) is 55.7 Å². The zero-order chi connectivity index (χ0) is 15.4. The Balaban J connectivity index is 2.26. The van der Waals surface area contributed by atoms with Gasteiger partial charge in [-0.2, -0.15) is 5.26 Å². The van der Waals surface area contributed by atoms with Gasteiger partial charge >= 0.3 is 0 Å². The van der Waals surface area contributed by atoms with E-state index >= 15 is 0 Å². The first-order valence-corrected chi connectivity index (χ1v) is 7.57. The molecule has 6 heteroatoms. The second-order valence-corrected chi connectivity index (χ2v) is 5.93. The zero-order valence-electron chi connectivity index (χ0n) is 11.0. The molecule has 0 aliphatic heterocycles. The molecule has 0 aliphatic rings. The van der Waals surface area contributed by atoms with Crippen molar-refractivity contribution in [1.29, 1.82) is 5.26 Å². The zero-order valence-corrected chi connectivity index (χ0v) is 13.3. The Morgan fingerprint density at radius 3 is 2.76 bits per heavy atom. The lowest BCUT2D eigenvalue weighted by atomic mass is 10.2. The number of amides is 1. The van der Waals surface area contributed by atoms with Crippen LogP contribution in [0.25, 0.3) is 6.08 Å². The summed E-state index contributed by atoms with van der Waals surface area (Å²) in [6, 6.07) is 8.74. The number of thiophene rings is 1. The normalized spacial score (nSPS) is 11.0. The van der Waals surface area contributed by atoms with Crippen LogP contribution in [0.3, 0.4) is 0 Å². The van der Waals surface area contributed by atoms with Gasteiger partial charge in [0.2, 0.25) is 0 Å². The molecule has 1 N–H and O–H groups in total. The Kier molecular flexibility index (Phi) is 5.03. The van der Waals surface area contributed by atoms with E-state index < -0.39 is 5.91 Å². The highest BCUT2D eigenvalue weighted by Crippen LogP contribution is 2.30. The van der Waals surface area contributed by atoms with Crippen molar-refractivity contribution in [2.45, 2.75) is 6.92 Å². The maximum absolute atomic E-state index is 12.1. The van der Waals surface area contributed by atoms with Gasteiger partial charge in [-0.1, -0.05) is 29.3 Å². The first-order chi connectivity index (χ1) is 10.0. The first-order valence-electron chi connectivity index (χ1n) is 5.94. The molecule has 3 nitrogen and oxygen atoms in total. The molecule has 2 aromatic rings. The van der Waals surface area contributed by atoms with Gasteiger partial charge < -0.3 is 5.32 Å². The number of halogens is 2. The molecule has 0 bridgehead atoms. The predicted molar refractivity (Wildman–Crippen MR) is 87.7 cm³/mol. The molecule has 1 heterocycles. The molecule has 1 aromatic heterocycles. The molecule has 1 aromatic carbocycles. The van der Waals surface area contributed by atoms with Gasteiger partial charge in [-0.15, -0.1) is 11.3 Å². The molecule has 0 aliphatic carbocycles. The summed E-state index contributed by atoms with van der Waals surface area (Å²) in [5.74, 6) is -0.519. The molecule has 0 saturated heterocycles. The average molecular weight is 337 g/mol. The van der Waals surface area contributed by atoms with Crippen LogP contribution in [0.2, 0.25) is 10.0 Å². The molecule has 0 unspecified atom stereocenters. The number of anilines is 1. The van der Waals surface area contributed by atoms with E-state index in [1.807, 2.05) is 24.4 Å². The number of nitrogens with zero attached hydrogens (tertiary/aromatic N) is 1. The summed E-state index contributed by atoms with van der Waals surface area (Å²) in [5, 5.41) is 14.2. The second kappa shape index (κ2) is 6.77. The Hall–Kier alpha value is -1.80. The molecule has 0 fully saturated rings. The Morgan fingerprint density at radius 2 is 2.14 bits per heavy atom. The van der Waals surface area contributed by atoms with Crippen LogP contribution in [0.4, 0.5) is 5.69 Å². The quantitative estimate of drug-likeness (QED) is 0.639. The van der Waals surface area contributed by atoms with E-state index in [0.717, 1.165) is 10.4 Å². The minimum absolute atomic E-state index is 0.0107. The van der Waals surface area contributed by atoms with E-state index in [9.17, 15) is 4.79 Å². The molecule has 0 spiro atoms. The topological polar surface area (TPSA) is 52.9 Å². The second-order valence-electron chi connectivity index (χ2n) is 4.19. The smallest absolute Gasteiger partial charge is 0.266 e. The lowest BCUT2D eigenvalue weighted by molar-refractivity contribution is -0.112. The van der Waals surface area contributed by atoms with Gasteiger partial charge in [0.1, 0.15) is 11.6 Å². The van der Waals surface area contributed by atoms with Crippen LogP contribution in [0, 0.1) is 18.3 Å². The van der Waals surface area contributed by atoms with Crippen LogP contribution in [0.5, 0.6) is 0 Å². The monoisotopic (exact) mass is 336 g/mol. The third kappa shape index (κ3) is 3.64. The molecule has 106 valence electrons. The van der Waals surface area contributed by atoms with Crippen molar-refractivity contribution in [2.75, 3.05) is 5.32 Å². The summed E-state index contributed by atoms with van der Waals surface area (Å²) in [6.45, 7) is 1.92. The number of nitrogens with one attached hydrogen (secondary N) is 1. The fourth-order valence-electron chi connectivity index (χ4n) is 1.60. The van der Waals surface area contributed by atoms with Gasteiger partial charge in [-0.3, -0.25) is 4.79 Å². The number of carbonyl (C=O) groups is 1. The summed E-state index contributed by atoms with van der Waals surface area (Å²) in [7, 11) is 0. The Morgan fingerprint density at radius 1 is 1.38 bits per heavy atom. The molecule has 0 saturated carbocycles. The van der Waals surface area contributed by atoms with Crippen molar-refractivity contribution in [2.24, 2.45) is 0 Å². The molecular formula is C15H10Cl2N2OS. The van der Waals surface area contributed by atoms with Crippen LogP contribution in [-0.2, 0) is 4.79 Å². The van der Waals surface area contributed by atoms with Crippen molar-refractivity contribution in [3.63, 3.8) is 0 Å². The average Bonchev–Trinajstić information content (AvgIpc) is 2.86. The van der Waals surface area contributed by atoms with Crippen LogP contribution < -0.4 is 5.32 Å². The summed E-state index contributed by atoms with van der Waals surface area (Å²) >= 11 is 13.4. The molecule has 0 radical (unpaired) electrons. The number of rotatable bonds is 3. The summed E-state index contributed by atoms with van der Waals surface area (Å²) in [4.78, 5) is 13.0. The first kappa shape index (κ1) is 15.6. The number of aryl methyl sites for hydroxylation is 1. The van der Waals surface area contributed by atoms with Crippen LogP contribution >= 0.6 is 34.5 Å². The van der Waals surface area contributed by atoms with Crippen molar-refractivity contribution in [3.8, 4) is 6.07 Å². The molecule has 0 atom stereocenters. The maximum Gasteiger partial charge on any atom is 0.266 e. The molecule has 1 amide bonds. The SMILES string of the molecule is Cc1ccsc1/C=C(/C#N)C(=O)Nc1cccc(Cl)c1Cl. The summed E-state index contributed by atoms with van der Waals surface area (Å²) < 4.78 is 0. The minimum atomic E-state index is -0.519. The van der Waals surface area contributed by atoms with Crippen LogP contribution in [0.15, 0.2) is 35.2 Å². The number of hydrogen-bond donors (Lipinski definition) is 1. The van der Waals surface area contributed by atoms with E-state index in [0.29, 0.717) is 10.7 Å². The van der Waals surface area contributed by atoms with Crippen molar-refractivity contribution in [1.82, 2.24) is 0 Å². The summed E-state index contributed by atoms with van der Waals surface area (Å²) in [6.07, 6.45) is 1.56. The van der Waals surface area contributed by atoms with Crippen molar-refractivity contribution >= 4 is 52.2 Å². The highest BCUT2D eigenvalue weighted by Gasteiger charge is 2.13. The fraction of sp³-hybridized carbons (Fsp3) is 0.0667. The number of hydrogen-bond acceptors (Lipinski definition) is 3. The third-order valence-corrected chi connectivity index (χ3v) is 4.53. The number of carbonyl (C=O) groups excluding carboxylic acids is 1. The van der Waals surface area contributed by atoms with E-state index in [1.54, 1.807) is 24.3 Å². The van der Waals surface area contributed by atoms with Crippen LogP contribution in [-0.4, -0.2) is 5.91 Å². The third-order valence-electron chi connectivity index (χ3n) is 2.74. The predicted octanol–water partition coefficient (Wildman–Crippen LogP) is 4.91. The standard InChI is InChI=1S/C15H10Cl2N2OS/c1-9-5-6-21-13(9)7-10(8-18)15(20)19-12-4-2-3-11(16)14(12)17/h2-7H,1H3,(H,19,20)/b10-7-.